The first-order chi connectivity index (χ1) is 15.8. The molecule has 0 aliphatic carbocycles. The van der Waals surface area contributed by atoms with Crippen molar-refractivity contribution < 1.29 is 23.2 Å². The number of nitrogens with zero attached hydrogens (tertiary/aromatic N) is 1. The fourth-order valence-corrected chi connectivity index (χ4v) is 3.99. The Kier molecular flexibility index (Phi) is 4.28. The van der Waals surface area contributed by atoms with Crippen LogP contribution in [-0.4, -0.2) is 11.1 Å². The van der Waals surface area contributed by atoms with Crippen LogP contribution in [0.2, 0.25) is 0 Å². The van der Waals surface area contributed by atoms with Crippen molar-refractivity contribution in [3.63, 3.8) is 0 Å². The van der Waals surface area contributed by atoms with Crippen molar-refractivity contribution in [3.05, 3.63) is 102 Å². The van der Waals surface area contributed by atoms with Gasteiger partial charge in [-0.15, -0.1) is 0 Å². The molecule has 0 amide bonds. The molecule has 1 aliphatic heterocycles. The predicted octanol–water partition coefficient (Wildman–Crippen LogP) is 6.07. The van der Waals surface area contributed by atoms with Gasteiger partial charge in [-0.25, -0.2) is 0 Å². The first-order valence-corrected chi connectivity index (χ1v) is 10.2. The summed E-state index contributed by atoms with van der Waals surface area (Å²) in [5.74, 6) is 1.42. The number of rotatable bonds is 4. The number of carbonyl (C=O) groups excluding carboxylic acids is 1. The number of fused-ring (bicyclic) bond motifs is 3. The van der Waals surface area contributed by atoms with E-state index in [-0.39, 0.29) is 12.6 Å². The highest BCUT2D eigenvalue weighted by atomic mass is 16.5. The van der Waals surface area contributed by atoms with Crippen molar-refractivity contribution in [1.29, 1.82) is 0 Å². The molecular formula is C26H17NO5. The molecule has 3 aromatic carbocycles. The zero-order valence-electron chi connectivity index (χ0n) is 16.9. The van der Waals surface area contributed by atoms with Crippen molar-refractivity contribution in [1.82, 2.24) is 5.16 Å². The lowest BCUT2D eigenvalue weighted by Crippen LogP contribution is -2.21. The van der Waals surface area contributed by atoms with Gasteiger partial charge >= 0.3 is 5.97 Å². The first kappa shape index (κ1) is 18.4. The van der Waals surface area contributed by atoms with Crippen molar-refractivity contribution in [3.8, 4) is 23.0 Å². The Morgan fingerprint density at radius 3 is 2.28 bits per heavy atom. The van der Waals surface area contributed by atoms with Gasteiger partial charge in [0.15, 0.2) is 5.76 Å². The van der Waals surface area contributed by atoms with Crippen molar-refractivity contribution >= 4 is 16.9 Å². The molecule has 0 radical (unpaired) electrons. The van der Waals surface area contributed by atoms with E-state index in [2.05, 4.69) is 5.16 Å². The lowest BCUT2D eigenvalue weighted by molar-refractivity contribution is -0.146. The molecule has 3 heterocycles. The van der Waals surface area contributed by atoms with E-state index >= 15 is 0 Å². The average Bonchev–Trinajstić information content (AvgIpc) is 3.48. The number of aromatic nitrogens is 1. The van der Waals surface area contributed by atoms with Crippen LogP contribution in [0.25, 0.3) is 22.5 Å². The van der Waals surface area contributed by atoms with Gasteiger partial charge in [0.05, 0.1) is 0 Å². The summed E-state index contributed by atoms with van der Waals surface area (Å²) >= 11 is 0. The minimum Gasteiger partial charge on any atom is -0.458 e. The molecule has 0 unspecified atom stereocenters. The topological polar surface area (TPSA) is 74.7 Å². The Hall–Kier alpha value is -4.32. The number of hydrogen-bond acceptors (Lipinski definition) is 6. The zero-order valence-corrected chi connectivity index (χ0v) is 16.9. The third-order valence-corrected chi connectivity index (χ3v) is 5.51. The highest BCUT2D eigenvalue weighted by Gasteiger charge is 2.33. The van der Waals surface area contributed by atoms with E-state index in [1.165, 1.54) is 0 Å². The van der Waals surface area contributed by atoms with Crippen LogP contribution in [-0.2, 0) is 16.1 Å². The van der Waals surface area contributed by atoms with Gasteiger partial charge in [-0.2, -0.15) is 0 Å². The molecule has 2 aromatic heterocycles. The van der Waals surface area contributed by atoms with Crippen LogP contribution < -0.4 is 4.74 Å². The summed E-state index contributed by atoms with van der Waals surface area (Å²) in [6, 6.07) is 26.3. The normalized spacial score (nSPS) is 12.8. The second kappa shape index (κ2) is 7.42. The Bertz CT molecular complexity index is 1370. The maximum atomic E-state index is 13.1. The molecule has 5 aromatic rings. The lowest BCUT2D eigenvalue weighted by Gasteiger charge is -2.26. The van der Waals surface area contributed by atoms with Gasteiger partial charge in [-0.1, -0.05) is 59.8 Å². The molecule has 6 nitrogen and oxygen atoms in total. The molecule has 0 fully saturated rings. The zero-order chi connectivity index (χ0) is 21.5. The van der Waals surface area contributed by atoms with Crippen LogP contribution >= 0.6 is 0 Å². The molecule has 32 heavy (non-hydrogen) atoms. The molecule has 6 rings (SSSR count). The maximum Gasteiger partial charge on any atom is 0.318 e. The molecule has 0 N–H and O–H groups in total. The van der Waals surface area contributed by atoms with E-state index in [0.717, 1.165) is 22.1 Å². The third-order valence-electron chi connectivity index (χ3n) is 5.51. The van der Waals surface area contributed by atoms with Crippen molar-refractivity contribution in [2.24, 2.45) is 0 Å². The molecule has 0 saturated heterocycles. The quantitative estimate of drug-likeness (QED) is 0.327. The van der Waals surface area contributed by atoms with Crippen LogP contribution in [0.1, 0.15) is 22.7 Å². The largest absolute Gasteiger partial charge is 0.458 e. The number of furan rings is 1. The standard InChI is InChI=1S/C26H17NO5/c28-26(25-18-8-2-5-11-21(18)31-22-12-6-3-9-19(22)25)29-15-17-14-24(32-27-17)23-13-16-7-1-4-10-20(16)30-23/h1-14,25H,15H2. The number of hydrogen-bond donors (Lipinski definition) is 0. The van der Waals surface area contributed by atoms with E-state index in [0.29, 0.717) is 28.7 Å². The van der Waals surface area contributed by atoms with E-state index in [4.69, 9.17) is 18.4 Å². The smallest absolute Gasteiger partial charge is 0.318 e. The average molecular weight is 423 g/mol. The molecule has 0 spiro atoms. The molecular weight excluding hydrogens is 406 g/mol. The highest BCUT2D eigenvalue weighted by Crippen LogP contribution is 2.44. The minimum atomic E-state index is -0.571. The van der Waals surface area contributed by atoms with Crippen LogP contribution in [0.3, 0.4) is 0 Å². The van der Waals surface area contributed by atoms with Gasteiger partial charge in [-0.05, 0) is 24.3 Å². The Morgan fingerprint density at radius 1 is 0.844 bits per heavy atom. The van der Waals surface area contributed by atoms with E-state index in [1.54, 1.807) is 6.07 Å². The molecule has 0 saturated carbocycles. The Balaban J connectivity index is 1.23. The van der Waals surface area contributed by atoms with Crippen LogP contribution in [0.5, 0.6) is 11.5 Å². The van der Waals surface area contributed by atoms with Gasteiger partial charge in [-0.3, -0.25) is 4.79 Å². The number of esters is 1. The SMILES string of the molecule is O=C(OCc1cc(-c2cc3ccccc3o2)on1)C1c2ccccc2Oc2ccccc21. The number of ether oxygens (including phenoxy) is 2. The minimum absolute atomic E-state index is 0.00967. The molecule has 6 heteroatoms. The summed E-state index contributed by atoms with van der Waals surface area (Å²) in [4.78, 5) is 13.1. The van der Waals surface area contributed by atoms with Gasteiger partial charge < -0.3 is 18.4 Å². The van der Waals surface area contributed by atoms with E-state index < -0.39 is 5.92 Å². The Morgan fingerprint density at radius 2 is 1.53 bits per heavy atom. The summed E-state index contributed by atoms with van der Waals surface area (Å²) < 4.78 is 22.8. The highest BCUT2D eigenvalue weighted by molar-refractivity contribution is 5.85. The van der Waals surface area contributed by atoms with Crippen LogP contribution in [0, 0.1) is 0 Å². The molecule has 0 atom stereocenters. The van der Waals surface area contributed by atoms with Crippen molar-refractivity contribution in [2.75, 3.05) is 0 Å². The number of para-hydroxylation sites is 3. The summed E-state index contributed by atoms with van der Waals surface area (Å²) in [6.07, 6.45) is 0. The van der Waals surface area contributed by atoms with Crippen molar-refractivity contribution in [2.45, 2.75) is 12.5 Å². The molecule has 156 valence electrons. The van der Waals surface area contributed by atoms with Crippen LogP contribution in [0.15, 0.2) is 93.9 Å². The molecule has 0 bridgehead atoms. The van der Waals surface area contributed by atoms with Crippen LogP contribution in [0.4, 0.5) is 0 Å². The van der Waals surface area contributed by atoms with E-state index in [9.17, 15) is 4.79 Å². The third kappa shape index (κ3) is 3.13. The summed E-state index contributed by atoms with van der Waals surface area (Å²) in [7, 11) is 0. The number of benzene rings is 3. The summed E-state index contributed by atoms with van der Waals surface area (Å²) in [6.45, 7) is -0.00967. The summed E-state index contributed by atoms with van der Waals surface area (Å²) in [5, 5.41) is 5.01. The second-order valence-corrected chi connectivity index (χ2v) is 7.55. The van der Waals surface area contributed by atoms with Gasteiger partial charge in [0.25, 0.3) is 0 Å². The Labute approximate surface area is 183 Å². The van der Waals surface area contributed by atoms with Gasteiger partial charge in [0, 0.05) is 22.6 Å². The van der Waals surface area contributed by atoms with Gasteiger partial charge in [0.1, 0.15) is 35.3 Å². The fourth-order valence-electron chi connectivity index (χ4n) is 3.99. The lowest BCUT2D eigenvalue weighted by atomic mass is 9.88. The fraction of sp³-hybridized carbons (Fsp3) is 0.0769. The molecule has 1 aliphatic rings. The predicted molar refractivity (Wildman–Crippen MR) is 116 cm³/mol. The number of carbonyl (C=O) groups is 1. The summed E-state index contributed by atoms with van der Waals surface area (Å²) in [5.41, 5.74) is 2.82. The van der Waals surface area contributed by atoms with Gasteiger partial charge in [0.2, 0.25) is 5.76 Å². The first-order valence-electron chi connectivity index (χ1n) is 10.2. The second-order valence-electron chi connectivity index (χ2n) is 7.55. The monoisotopic (exact) mass is 423 g/mol. The maximum absolute atomic E-state index is 13.1. The van der Waals surface area contributed by atoms with E-state index in [1.807, 2.05) is 78.9 Å².